The Bertz CT molecular complexity index is 1230. The highest BCUT2D eigenvalue weighted by atomic mass is 16.2. The van der Waals surface area contributed by atoms with E-state index in [0.717, 1.165) is 44.5 Å². The molecular weight excluding hydrogens is 420 g/mol. The number of hydrogen-bond donors (Lipinski definition) is 0. The highest BCUT2D eigenvalue weighted by molar-refractivity contribution is 6.09. The van der Waals surface area contributed by atoms with Gasteiger partial charge >= 0.3 is 0 Å². The van der Waals surface area contributed by atoms with E-state index in [1.165, 1.54) is 27.8 Å². The van der Waals surface area contributed by atoms with Crippen LogP contribution in [0.25, 0.3) is 11.1 Å². The Morgan fingerprint density at radius 2 is 1.53 bits per heavy atom. The molecule has 2 saturated heterocycles. The van der Waals surface area contributed by atoms with Crippen molar-refractivity contribution in [1.82, 2.24) is 4.90 Å². The number of likely N-dealkylation sites (tertiary alicyclic amines) is 1. The van der Waals surface area contributed by atoms with Crippen molar-refractivity contribution in [1.29, 1.82) is 0 Å². The lowest BCUT2D eigenvalue weighted by Gasteiger charge is -2.33. The molecule has 6 rings (SSSR count). The minimum atomic E-state index is -0.531. The highest BCUT2D eigenvalue weighted by Gasteiger charge is 2.40. The van der Waals surface area contributed by atoms with Crippen molar-refractivity contribution < 1.29 is 9.59 Å². The van der Waals surface area contributed by atoms with E-state index < -0.39 is 5.92 Å². The largest absolute Gasteiger partial charge is 0.342 e. The van der Waals surface area contributed by atoms with Crippen LogP contribution >= 0.6 is 0 Å². The summed E-state index contributed by atoms with van der Waals surface area (Å²) in [5.74, 6) is 0.0694. The second-order valence-electron chi connectivity index (χ2n) is 9.96. The fourth-order valence-electron chi connectivity index (χ4n) is 5.99. The van der Waals surface area contributed by atoms with Gasteiger partial charge in [-0.2, -0.15) is 0 Å². The van der Waals surface area contributed by atoms with Gasteiger partial charge in [0.05, 0.1) is 0 Å². The van der Waals surface area contributed by atoms with Crippen LogP contribution in [-0.4, -0.2) is 36.3 Å². The molecule has 3 aromatic rings. The first-order chi connectivity index (χ1) is 16.7. The number of anilines is 1. The molecule has 2 fully saturated rings. The maximum atomic E-state index is 13.3. The predicted octanol–water partition coefficient (Wildman–Crippen LogP) is 5.09. The van der Waals surface area contributed by atoms with E-state index in [1.54, 1.807) is 0 Å². The summed E-state index contributed by atoms with van der Waals surface area (Å²) in [6, 6.07) is 25.4. The van der Waals surface area contributed by atoms with E-state index in [-0.39, 0.29) is 11.8 Å². The zero-order valence-electron chi connectivity index (χ0n) is 19.5. The number of rotatable bonds is 4. The number of nitrogens with zero attached hydrogens (tertiary/aromatic N) is 2. The van der Waals surface area contributed by atoms with Gasteiger partial charge in [0.15, 0.2) is 0 Å². The summed E-state index contributed by atoms with van der Waals surface area (Å²) in [7, 11) is 0. The van der Waals surface area contributed by atoms with Crippen LogP contribution in [0.1, 0.15) is 36.0 Å². The molecule has 34 heavy (non-hydrogen) atoms. The van der Waals surface area contributed by atoms with E-state index in [2.05, 4.69) is 66.7 Å². The number of amides is 2. The fourth-order valence-corrected chi connectivity index (χ4v) is 5.99. The second kappa shape index (κ2) is 8.75. The SMILES string of the molecule is O=C(C1CCN(c2ccc3c(c2)Cc2ccccc2-3)C1=O)N1CCC(Cc2ccccc2)CC1. The number of piperidine rings is 1. The molecule has 172 valence electrons. The van der Waals surface area contributed by atoms with Crippen molar-refractivity contribution in [3.63, 3.8) is 0 Å². The van der Waals surface area contributed by atoms with Gasteiger partial charge < -0.3 is 9.80 Å². The molecule has 4 nitrogen and oxygen atoms in total. The lowest BCUT2D eigenvalue weighted by Crippen LogP contribution is -2.44. The summed E-state index contributed by atoms with van der Waals surface area (Å²) >= 11 is 0. The van der Waals surface area contributed by atoms with E-state index in [4.69, 9.17) is 0 Å². The van der Waals surface area contributed by atoms with Gasteiger partial charge in [-0.15, -0.1) is 0 Å². The average molecular weight is 451 g/mol. The first kappa shape index (κ1) is 21.2. The van der Waals surface area contributed by atoms with Crippen molar-refractivity contribution in [2.75, 3.05) is 24.5 Å². The van der Waals surface area contributed by atoms with Gasteiger partial charge in [0.1, 0.15) is 5.92 Å². The van der Waals surface area contributed by atoms with Gasteiger partial charge in [-0.05, 0) is 78.0 Å². The normalized spacial score (nSPS) is 19.9. The number of benzene rings is 3. The minimum absolute atomic E-state index is 0.0271. The van der Waals surface area contributed by atoms with Gasteiger partial charge in [-0.1, -0.05) is 60.7 Å². The van der Waals surface area contributed by atoms with Gasteiger partial charge in [-0.3, -0.25) is 9.59 Å². The molecule has 2 heterocycles. The second-order valence-corrected chi connectivity index (χ2v) is 9.96. The van der Waals surface area contributed by atoms with Crippen LogP contribution in [0.3, 0.4) is 0 Å². The lowest BCUT2D eigenvalue weighted by molar-refractivity contribution is -0.141. The molecule has 0 saturated carbocycles. The maximum absolute atomic E-state index is 13.3. The van der Waals surface area contributed by atoms with Gasteiger partial charge in [0, 0.05) is 25.3 Å². The van der Waals surface area contributed by atoms with Crippen molar-refractivity contribution >= 4 is 17.5 Å². The molecule has 3 aliphatic rings. The fraction of sp³-hybridized carbons (Fsp3) is 0.333. The number of carbonyl (C=O) groups excluding carboxylic acids is 2. The van der Waals surface area contributed by atoms with Crippen LogP contribution in [0.2, 0.25) is 0 Å². The molecule has 4 heteroatoms. The number of fused-ring (bicyclic) bond motifs is 3. The van der Waals surface area contributed by atoms with E-state index in [1.807, 2.05) is 15.9 Å². The Morgan fingerprint density at radius 1 is 0.794 bits per heavy atom. The van der Waals surface area contributed by atoms with Crippen LogP contribution in [0.4, 0.5) is 5.69 Å². The minimum Gasteiger partial charge on any atom is -0.342 e. The molecule has 0 spiro atoms. The monoisotopic (exact) mass is 450 g/mol. The predicted molar refractivity (Wildman–Crippen MR) is 135 cm³/mol. The molecule has 1 aliphatic carbocycles. The summed E-state index contributed by atoms with van der Waals surface area (Å²) in [4.78, 5) is 30.3. The summed E-state index contributed by atoms with van der Waals surface area (Å²) in [5.41, 5.74) is 7.45. The smallest absolute Gasteiger partial charge is 0.239 e. The van der Waals surface area contributed by atoms with Crippen molar-refractivity contribution in [3.8, 4) is 11.1 Å². The molecule has 1 atom stereocenters. The van der Waals surface area contributed by atoms with E-state index >= 15 is 0 Å². The third-order valence-electron chi connectivity index (χ3n) is 7.89. The molecular formula is C30H30N2O2. The Morgan fingerprint density at radius 3 is 2.35 bits per heavy atom. The summed E-state index contributed by atoms with van der Waals surface area (Å²) in [6.45, 7) is 2.14. The third-order valence-corrected chi connectivity index (χ3v) is 7.89. The Hall–Kier alpha value is -3.40. The van der Waals surface area contributed by atoms with Crippen LogP contribution in [-0.2, 0) is 22.4 Å². The molecule has 0 aromatic heterocycles. The number of hydrogen-bond acceptors (Lipinski definition) is 2. The molecule has 0 bridgehead atoms. The summed E-state index contributed by atoms with van der Waals surface area (Å²) in [6.07, 6.45) is 4.61. The van der Waals surface area contributed by atoms with Crippen LogP contribution in [0.5, 0.6) is 0 Å². The van der Waals surface area contributed by atoms with Crippen LogP contribution in [0.15, 0.2) is 72.8 Å². The van der Waals surface area contributed by atoms with Crippen molar-refractivity contribution in [2.24, 2.45) is 11.8 Å². The summed E-state index contributed by atoms with van der Waals surface area (Å²) < 4.78 is 0. The van der Waals surface area contributed by atoms with Crippen LogP contribution in [0, 0.1) is 11.8 Å². The molecule has 0 N–H and O–H groups in total. The first-order valence-electron chi connectivity index (χ1n) is 12.5. The zero-order chi connectivity index (χ0) is 23.1. The highest BCUT2D eigenvalue weighted by Crippen LogP contribution is 2.39. The molecule has 2 amide bonds. The Balaban J connectivity index is 1.09. The molecule has 1 unspecified atom stereocenters. The van der Waals surface area contributed by atoms with Crippen molar-refractivity contribution in [3.05, 3.63) is 89.5 Å². The zero-order valence-corrected chi connectivity index (χ0v) is 19.5. The Kier molecular flexibility index (Phi) is 5.44. The number of carbonyl (C=O) groups is 2. The van der Waals surface area contributed by atoms with Crippen LogP contribution < -0.4 is 4.90 Å². The molecule has 0 radical (unpaired) electrons. The van der Waals surface area contributed by atoms with Gasteiger partial charge in [0.2, 0.25) is 11.8 Å². The van der Waals surface area contributed by atoms with E-state index in [0.29, 0.717) is 18.9 Å². The quantitative estimate of drug-likeness (QED) is 0.406. The van der Waals surface area contributed by atoms with Crippen molar-refractivity contribution in [2.45, 2.75) is 32.1 Å². The summed E-state index contributed by atoms with van der Waals surface area (Å²) in [5, 5.41) is 0. The van der Waals surface area contributed by atoms with Gasteiger partial charge in [-0.25, -0.2) is 0 Å². The van der Waals surface area contributed by atoms with E-state index in [9.17, 15) is 9.59 Å². The third kappa shape index (κ3) is 3.81. The molecule has 3 aromatic carbocycles. The Labute approximate surface area is 201 Å². The first-order valence-corrected chi connectivity index (χ1v) is 12.5. The molecule has 2 aliphatic heterocycles. The topological polar surface area (TPSA) is 40.6 Å². The lowest BCUT2D eigenvalue weighted by atomic mass is 9.89. The average Bonchev–Trinajstić information content (AvgIpc) is 3.44. The van der Waals surface area contributed by atoms with Gasteiger partial charge in [0.25, 0.3) is 0 Å². The maximum Gasteiger partial charge on any atom is 0.239 e. The standard InChI is InChI=1S/C30H30N2O2/c33-29(31-15-12-22(13-16-31)18-21-6-2-1-3-7-21)28-14-17-32(30(28)34)25-10-11-27-24(20-25)19-23-8-4-5-9-26(23)27/h1-11,20,22,28H,12-19H2.